The van der Waals surface area contributed by atoms with Gasteiger partial charge in [-0.3, -0.25) is 9.59 Å². The molecule has 0 aliphatic carbocycles. The van der Waals surface area contributed by atoms with Crippen molar-refractivity contribution in [1.29, 1.82) is 0 Å². The van der Waals surface area contributed by atoms with Gasteiger partial charge in [-0.15, -0.1) is 0 Å². The minimum atomic E-state index is -0.107. The van der Waals surface area contributed by atoms with Gasteiger partial charge in [-0.05, 0) is 36.0 Å². The number of nitrogens with one attached hydrogen (secondary N) is 1. The molecular formula is C11H14N2O2S. The van der Waals surface area contributed by atoms with Crippen molar-refractivity contribution in [3.05, 3.63) is 24.3 Å². The predicted octanol–water partition coefficient (Wildman–Crippen LogP) is 2.42. The van der Waals surface area contributed by atoms with Crippen LogP contribution in [-0.2, 0) is 4.79 Å². The first kappa shape index (κ1) is 12.6. The summed E-state index contributed by atoms with van der Waals surface area (Å²) >= 11 is 1.15. The Hall–Kier alpha value is -1.49. The third-order valence-electron chi connectivity index (χ3n) is 1.74. The van der Waals surface area contributed by atoms with Crippen LogP contribution in [0.3, 0.4) is 0 Å². The zero-order chi connectivity index (χ0) is 12.1. The smallest absolute Gasteiger partial charge is 0.285 e. The molecule has 0 bridgehead atoms. The Morgan fingerprint density at radius 3 is 2.19 bits per heavy atom. The van der Waals surface area contributed by atoms with E-state index in [9.17, 15) is 9.59 Å². The Morgan fingerprint density at radius 2 is 1.75 bits per heavy atom. The highest BCUT2D eigenvalue weighted by Gasteiger charge is 2.06. The van der Waals surface area contributed by atoms with Gasteiger partial charge in [-0.25, -0.2) is 0 Å². The zero-order valence-electron chi connectivity index (χ0n) is 9.48. The Morgan fingerprint density at radius 1 is 1.19 bits per heavy atom. The summed E-state index contributed by atoms with van der Waals surface area (Å²) in [5.74, 6) is -0.107. The maximum Gasteiger partial charge on any atom is 0.285 e. The van der Waals surface area contributed by atoms with Crippen LogP contribution in [0, 0.1) is 0 Å². The predicted molar refractivity (Wildman–Crippen MR) is 65.7 cm³/mol. The van der Waals surface area contributed by atoms with Crippen molar-refractivity contribution in [3.63, 3.8) is 0 Å². The molecule has 5 heteroatoms. The summed E-state index contributed by atoms with van der Waals surface area (Å²) in [4.78, 5) is 24.6. The van der Waals surface area contributed by atoms with Gasteiger partial charge in [0.2, 0.25) is 5.91 Å². The van der Waals surface area contributed by atoms with E-state index < -0.39 is 0 Å². The number of carbonyl (C=O) groups is 2. The van der Waals surface area contributed by atoms with Crippen LogP contribution in [0.1, 0.15) is 6.92 Å². The van der Waals surface area contributed by atoms with E-state index in [-0.39, 0.29) is 11.1 Å². The maximum absolute atomic E-state index is 11.4. The van der Waals surface area contributed by atoms with Crippen LogP contribution in [0.25, 0.3) is 0 Å². The van der Waals surface area contributed by atoms with Gasteiger partial charge in [0.1, 0.15) is 0 Å². The van der Waals surface area contributed by atoms with Crippen LogP contribution in [0.4, 0.5) is 10.5 Å². The number of carbonyl (C=O) groups excluding carboxylic acids is 2. The van der Waals surface area contributed by atoms with E-state index in [4.69, 9.17) is 0 Å². The van der Waals surface area contributed by atoms with Gasteiger partial charge in [0.15, 0.2) is 0 Å². The Balaban J connectivity index is 2.64. The molecule has 1 N–H and O–H groups in total. The van der Waals surface area contributed by atoms with E-state index in [1.807, 2.05) is 0 Å². The van der Waals surface area contributed by atoms with E-state index in [0.29, 0.717) is 0 Å². The van der Waals surface area contributed by atoms with Crippen molar-refractivity contribution in [2.24, 2.45) is 0 Å². The van der Waals surface area contributed by atoms with Gasteiger partial charge >= 0.3 is 0 Å². The summed E-state index contributed by atoms with van der Waals surface area (Å²) in [6.45, 7) is 1.46. The fourth-order valence-electron chi connectivity index (χ4n) is 1.00. The molecule has 0 atom stereocenters. The molecule has 0 radical (unpaired) electrons. The number of hydrogen-bond acceptors (Lipinski definition) is 3. The van der Waals surface area contributed by atoms with Crippen LogP contribution in [0.5, 0.6) is 0 Å². The fourth-order valence-corrected chi connectivity index (χ4v) is 1.66. The highest BCUT2D eigenvalue weighted by Crippen LogP contribution is 2.22. The van der Waals surface area contributed by atoms with Crippen molar-refractivity contribution in [2.45, 2.75) is 11.8 Å². The van der Waals surface area contributed by atoms with Crippen LogP contribution < -0.4 is 5.32 Å². The lowest BCUT2D eigenvalue weighted by molar-refractivity contribution is -0.114. The van der Waals surface area contributed by atoms with Gasteiger partial charge in [-0.2, -0.15) is 0 Å². The highest BCUT2D eigenvalue weighted by atomic mass is 32.2. The van der Waals surface area contributed by atoms with Crippen molar-refractivity contribution < 1.29 is 9.59 Å². The summed E-state index contributed by atoms with van der Waals surface area (Å²) < 4.78 is 0. The molecule has 1 rings (SSSR count). The summed E-state index contributed by atoms with van der Waals surface area (Å²) in [6.07, 6.45) is 0. The minimum absolute atomic E-state index is 0.0210. The van der Waals surface area contributed by atoms with E-state index in [1.54, 1.807) is 38.4 Å². The lowest BCUT2D eigenvalue weighted by atomic mass is 10.3. The second kappa shape index (κ2) is 5.55. The summed E-state index contributed by atoms with van der Waals surface area (Å²) in [6, 6.07) is 7.15. The molecule has 86 valence electrons. The number of benzene rings is 1. The lowest BCUT2D eigenvalue weighted by Crippen LogP contribution is -2.15. The molecule has 0 aliphatic heterocycles. The molecule has 0 fully saturated rings. The topological polar surface area (TPSA) is 49.4 Å². The molecule has 0 saturated heterocycles. The third-order valence-corrected chi connectivity index (χ3v) is 2.79. The molecule has 16 heavy (non-hydrogen) atoms. The van der Waals surface area contributed by atoms with Gasteiger partial charge in [0.25, 0.3) is 5.24 Å². The summed E-state index contributed by atoms with van der Waals surface area (Å²) in [7, 11) is 3.42. The first-order chi connectivity index (χ1) is 7.49. The third kappa shape index (κ3) is 3.94. The van der Waals surface area contributed by atoms with Crippen molar-refractivity contribution in [3.8, 4) is 0 Å². The molecule has 0 aromatic heterocycles. The molecular weight excluding hydrogens is 224 g/mol. The average Bonchev–Trinajstić information content (AvgIpc) is 2.20. The SMILES string of the molecule is CC(=O)Nc1ccc(SC(=O)N(C)C)cc1. The van der Waals surface area contributed by atoms with E-state index in [2.05, 4.69) is 5.32 Å². The summed E-state index contributed by atoms with van der Waals surface area (Å²) in [5.41, 5.74) is 0.731. The zero-order valence-corrected chi connectivity index (χ0v) is 10.3. The van der Waals surface area contributed by atoms with Gasteiger partial charge < -0.3 is 10.2 Å². The second-order valence-corrected chi connectivity index (χ2v) is 4.49. The van der Waals surface area contributed by atoms with Crippen molar-refractivity contribution in [1.82, 2.24) is 4.90 Å². The molecule has 4 nitrogen and oxygen atoms in total. The lowest BCUT2D eigenvalue weighted by Gasteiger charge is -2.09. The molecule has 2 amide bonds. The molecule has 0 saturated carbocycles. The van der Waals surface area contributed by atoms with Crippen molar-refractivity contribution in [2.75, 3.05) is 19.4 Å². The van der Waals surface area contributed by atoms with Crippen LogP contribution >= 0.6 is 11.8 Å². The van der Waals surface area contributed by atoms with E-state index >= 15 is 0 Å². The number of amides is 2. The summed E-state index contributed by atoms with van der Waals surface area (Å²) in [5, 5.41) is 2.64. The van der Waals surface area contributed by atoms with Crippen LogP contribution in [0.2, 0.25) is 0 Å². The number of hydrogen-bond donors (Lipinski definition) is 1. The molecule has 0 spiro atoms. The number of rotatable bonds is 2. The highest BCUT2D eigenvalue weighted by molar-refractivity contribution is 8.13. The van der Waals surface area contributed by atoms with Crippen LogP contribution in [-0.4, -0.2) is 30.1 Å². The second-order valence-electron chi connectivity index (χ2n) is 3.47. The van der Waals surface area contributed by atoms with Gasteiger partial charge in [0.05, 0.1) is 0 Å². The van der Waals surface area contributed by atoms with E-state index in [1.165, 1.54) is 11.8 Å². The molecule has 0 aliphatic rings. The van der Waals surface area contributed by atoms with Crippen molar-refractivity contribution >= 4 is 28.6 Å². The van der Waals surface area contributed by atoms with Gasteiger partial charge in [0, 0.05) is 31.6 Å². The van der Waals surface area contributed by atoms with E-state index in [0.717, 1.165) is 22.3 Å². The Labute approximate surface area is 99.0 Å². The Bertz CT molecular complexity index is 387. The monoisotopic (exact) mass is 238 g/mol. The Kier molecular flexibility index (Phi) is 4.37. The largest absolute Gasteiger partial charge is 0.339 e. The first-order valence-electron chi connectivity index (χ1n) is 4.76. The maximum atomic E-state index is 11.4. The van der Waals surface area contributed by atoms with Gasteiger partial charge in [-0.1, -0.05) is 0 Å². The molecule has 0 unspecified atom stereocenters. The minimum Gasteiger partial charge on any atom is -0.339 e. The van der Waals surface area contributed by atoms with Crippen LogP contribution in [0.15, 0.2) is 29.2 Å². The number of thioether (sulfide) groups is 1. The fraction of sp³-hybridized carbons (Fsp3) is 0.273. The number of anilines is 1. The first-order valence-corrected chi connectivity index (χ1v) is 5.57. The number of nitrogens with zero attached hydrogens (tertiary/aromatic N) is 1. The molecule has 1 aromatic rings. The normalized spacial score (nSPS) is 9.69. The molecule has 0 heterocycles. The molecule has 1 aromatic carbocycles. The standard InChI is InChI=1S/C11H14N2O2S/c1-8(14)12-9-4-6-10(7-5-9)16-11(15)13(2)3/h4-7H,1-3H3,(H,12,14). The quantitative estimate of drug-likeness (QED) is 0.805. The average molecular weight is 238 g/mol.